The molecule has 0 unspecified atom stereocenters. The number of hydrogen-bond acceptors (Lipinski definition) is 2. The first-order valence-electron chi connectivity index (χ1n) is 4.33. The molecule has 0 fully saturated rings. The number of carbonyl (C=O) groups excluding carboxylic acids is 1. The Balaban J connectivity index is 3.08. The van der Waals surface area contributed by atoms with E-state index in [1.54, 1.807) is 6.07 Å². The molecule has 15 heavy (non-hydrogen) atoms. The summed E-state index contributed by atoms with van der Waals surface area (Å²) in [5.41, 5.74) is 0.789. The third-order valence-corrected chi connectivity index (χ3v) is 1.96. The van der Waals surface area contributed by atoms with Crippen molar-refractivity contribution < 1.29 is 14.0 Å². The van der Waals surface area contributed by atoms with Gasteiger partial charge in [0.05, 0.1) is 0 Å². The van der Waals surface area contributed by atoms with Gasteiger partial charge in [-0.05, 0) is 0 Å². The second-order valence-electron chi connectivity index (χ2n) is 2.96. The summed E-state index contributed by atoms with van der Waals surface area (Å²) in [7, 11) is 2.83. The van der Waals surface area contributed by atoms with Gasteiger partial charge >= 0.3 is 87.6 Å². The standard InChI is InChI=1S/C10H11BFNO2/c1-11-8-4-7(5-9(12)6-8)10(14)13(2)15-3/h4-6H,1H2,2-3H3. The summed E-state index contributed by atoms with van der Waals surface area (Å²) >= 11 is 0. The maximum absolute atomic E-state index is 13.1. The number of nitrogens with zero attached hydrogens (tertiary/aromatic N) is 1. The third kappa shape index (κ3) is 2.73. The Kier molecular flexibility index (Phi) is 3.74. The summed E-state index contributed by atoms with van der Waals surface area (Å²) in [4.78, 5) is 16.3. The summed E-state index contributed by atoms with van der Waals surface area (Å²) < 4.78 is 13.1. The average molecular weight is 207 g/mol. The second-order valence-corrected chi connectivity index (χ2v) is 2.96. The first-order chi connectivity index (χ1) is 7.08. The fraction of sp³-hybridized carbons (Fsp3) is 0.200. The van der Waals surface area contributed by atoms with Crippen molar-refractivity contribution in [3.63, 3.8) is 0 Å². The molecule has 1 amide bonds. The van der Waals surface area contributed by atoms with Crippen LogP contribution in [0.4, 0.5) is 4.39 Å². The van der Waals surface area contributed by atoms with Crippen LogP contribution in [0, 0.1) is 5.82 Å². The van der Waals surface area contributed by atoms with Gasteiger partial charge < -0.3 is 0 Å². The molecule has 1 aromatic carbocycles. The molecule has 0 saturated heterocycles. The number of carbonyl (C=O) groups is 1. The minimum atomic E-state index is -0.472. The van der Waals surface area contributed by atoms with Crippen molar-refractivity contribution in [2.24, 2.45) is 0 Å². The van der Waals surface area contributed by atoms with Gasteiger partial charge in [0, 0.05) is 0 Å². The van der Waals surface area contributed by atoms with E-state index >= 15 is 0 Å². The molecule has 0 heterocycles. The van der Waals surface area contributed by atoms with E-state index in [4.69, 9.17) is 4.84 Å². The van der Waals surface area contributed by atoms with Gasteiger partial charge in [0.25, 0.3) is 0 Å². The Hall–Kier alpha value is -1.49. The normalized spacial score (nSPS) is 9.53. The van der Waals surface area contributed by atoms with E-state index in [1.165, 1.54) is 27.1 Å². The van der Waals surface area contributed by atoms with Gasteiger partial charge in [-0.15, -0.1) is 0 Å². The van der Waals surface area contributed by atoms with Crippen LogP contribution in [0.1, 0.15) is 10.4 Å². The Labute approximate surface area is 88.3 Å². The molecule has 0 saturated carbocycles. The molecule has 3 nitrogen and oxygen atoms in total. The molecule has 0 N–H and O–H groups in total. The van der Waals surface area contributed by atoms with Crippen molar-refractivity contribution in [3.8, 4) is 0 Å². The molecule has 0 bridgehead atoms. The van der Waals surface area contributed by atoms with Crippen LogP contribution in [0.3, 0.4) is 0 Å². The van der Waals surface area contributed by atoms with Crippen LogP contribution in [-0.4, -0.2) is 38.5 Å². The molecule has 1 aromatic rings. The van der Waals surface area contributed by atoms with E-state index in [1.807, 2.05) is 0 Å². The minimum absolute atomic E-state index is 0.231. The van der Waals surface area contributed by atoms with Crippen LogP contribution in [0.5, 0.6) is 0 Å². The van der Waals surface area contributed by atoms with Crippen molar-refractivity contribution in [1.82, 2.24) is 5.06 Å². The van der Waals surface area contributed by atoms with Crippen molar-refractivity contribution in [2.45, 2.75) is 0 Å². The first-order valence-corrected chi connectivity index (χ1v) is 4.33. The Morgan fingerprint density at radius 1 is 1.53 bits per heavy atom. The number of amides is 1. The quantitative estimate of drug-likeness (QED) is 0.524. The third-order valence-electron chi connectivity index (χ3n) is 1.96. The van der Waals surface area contributed by atoms with Gasteiger partial charge in [-0.3, -0.25) is 0 Å². The Morgan fingerprint density at radius 3 is 2.73 bits per heavy atom. The fourth-order valence-electron chi connectivity index (χ4n) is 1.12. The molecule has 0 radical (unpaired) electrons. The molecular weight excluding hydrogens is 196 g/mol. The average Bonchev–Trinajstić information content (AvgIpc) is 2.26. The van der Waals surface area contributed by atoms with Crippen LogP contribution in [0.15, 0.2) is 18.2 Å². The molecule has 0 spiro atoms. The van der Waals surface area contributed by atoms with Crippen LogP contribution < -0.4 is 5.46 Å². The summed E-state index contributed by atoms with van der Waals surface area (Å²) in [5, 5.41) is 1.03. The fourth-order valence-corrected chi connectivity index (χ4v) is 1.12. The summed E-state index contributed by atoms with van der Waals surface area (Å²) in [5.74, 6) is -0.875. The summed E-state index contributed by atoms with van der Waals surface area (Å²) in [6.45, 7) is 4.99. The summed E-state index contributed by atoms with van der Waals surface area (Å²) in [6.07, 6.45) is 0. The molecule has 78 valence electrons. The van der Waals surface area contributed by atoms with E-state index in [-0.39, 0.29) is 5.56 Å². The van der Waals surface area contributed by atoms with Gasteiger partial charge in [-0.25, -0.2) is 0 Å². The van der Waals surface area contributed by atoms with Gasteiger partial charge in [0.15, 0.2) is 0 Å². The SMILES string of the molecule is C=Bc1cc(F)cc(C(=O)N(C)OC)c1. The molecule has 0 atom stereocenters. The van der Waals surface area contributed by atoms with E-state index in [0.29, 0.717) is 5.46 Å². The van der Waals surface area contributed by atoms with Crippen molar-refractivity contribution in [2.75, 3.05) is 14.2 Å². The van der Waals surface area contributed by atoms with Crippen LogP contribution in [0.2, 0.25) is 0 Å². The number of halogens is 1. The molecule has 0 aliphatic carbocycles. The van der Waals surface area contributed by atoms with Gasteiger partial charge in [0.2, 0.25) is 0 Å². The van der Waals surface area contributed by atoms with E-state index in [9.17, 15) is 9.18 Å². The monoisotopic (exact) mass is 207 g/mol. The Morgan fingerprint density at radius 2 is 2.20 bits per heavy atom. The number of hydroxylamine groups is 2. The molecule has 5 heteroatoms. The number of benzene rings is 1. The van der Waals surface area contributed by atoms with Crippen LogP contribution in [-0.2, 0) is 4.84 Å². The van der Waals surface area contributed by atoms with Gasteiger partial charge in [0.1, 0.15) is 0 Å². The Bertz CT molecular complexity index is 395. The van der Waals surface area contributed by atoms with Crippen molar-refractivity contribution in [1.29, 1.82) is 0 Å². The van der Waals surface area contributed by atoms with Crippen LogP contribution in [0.25, 0.3) is 0 Å². The molecule has 0 aromatic heterocycles. The van der Waals surface area contributed by atoms with Crippen LogP contribution >= 0.6 is 0 Å². The van der Waals surface area contributed by atoms with E-state index < -0.39 is 11.7 Å². The second kappa shape index (κ2) is 4.84. The predicted molar refractivity (Wildman–Crippen MR) is 58.0 cm³/mol. The first kappa shape index (κ1) is 11.6. The zero-order chi connectivity index (χ0) is 11.4. The molecule has 0 aliphatic rings. The molecular formula is C10H11BFNO2. The number of hydrogen-bond donors (Lipinski definition) is 0. The predicted octanol–water partition coefficient (Wildman–Crippen LogP) is 0.221. The zero-order valence-corrected chi connectivity index (χ0v) is 8.66. The van der Waals surface area contributed by atoms with Crippen molar-refractivity contribution >= 4 is 24.8 Å². The van der Waals surface area contributed by atoms with E-state index in [2.05, 4.69) is 6.47 Å². The number of rotatable bonds is 3. The van der Waals surface area contributed by atoms with Gasteiger partial charge in [-0.1, -0.05) is 0 Å². The molecule has 0 aliphatic heterocycles. The zero-order valence-electron chi connectivity index (χ0n) is 8.66. The maximum atomic E-state index is 13.1. The molecule has 1 rings (SSSR count). The van der Waals surface area contributed by atoms with Crippen molar-refractivity contribution in [3.05, 3.63) is 29.6 Å². The van der Waals surface area contributed by atoms with E-state index in [0.717, 1.165) is 11.1 Å². The summed E-state index contributed by atoms with van der Waals surface area (Å²) in [6, 6.07) is 4.01. The van der Waals surface area contributed by atoms with Gasteiger partial charge in [-0.2, -0.15) is 0 Å². The topological polar surface area (TPSA) is 29.5 Å².